The first-order valence-corrected chi connectivity index (χ1v) is 11.9. The Morgan fingerprint density at radius 2 is 2.09 bits per heavy atom. The summed E-state index contributed by atoms with van der Waals surface area (Å²) in [4.78, 5) is 17.9. The van der Waals surface area contributed by atoms with Gasteiger partial charge in [0.1, 0.15) is 5.75 Å². The van der Waals surface area contributed by atoms with Gasteiger partial charge >= 0.3 is 0 Å². The molecule has 1 atom stereocenters. The molecular weight excluding hydrogens is 434 g/mol. The minimum absolute atomic E-state index is 0.105. The van der Waals surface area contributed by atoms with Crippen molar-refractivity contribution in [2.24, 2.45) is 0 Å². The standard InChI is InChI=1S/C26H31N3O3S/c1-4-31-21-8-10-24-19(14-21)13-20(25(30)27-24)15-29(16-22-6-5-11-32-22)26(33)28-23-9-7-17(2)12-18(23)3/h7-10,12-14,22H,4-6,11,15-16H2,1-3H3,(H,27,30)(H,28,33)/t22-/m0/s1. The topological polar surface area (TPSA) is 66.6 Å². The first kappa shape index (κ1) is 23.3. The van der Waals surface area contributed by atoms with E-state index in [2.05, 4.69) is 36.3 Å². The highest BCUT2D eigenvalue weighted by molar-refractivity contribution is 7.80. The average Bonchev–Trinajstić information content (AvgIpc) is 3.29. The fourth-order valence-electron chi connectivity index (χ4n) is 4.21. The highest BCUT2D eigenvalue weighted by Crippen LogP contribution is 2.22. The molecule has 6 nitrogen and oxygen atoms in total. The Bertz CT molecular complexity index is 1200. The van der Waals surface area contributed by atoms with Crippen molar-refractivity contribution in [3.63, 3.8) is 0 Å². The molecule has 1 aliphatic heterocycles. The van der Waals surface area contributed by atoms with Gasteiger partial charge in [-0.1, -0.05) is 17.7 Å². The van der Waals surface area contributed by atoms with E-state index in [0.717, 1.165) is 47.4 Å². The highest BCUT2D eigenvalue weighted by Gasteiger charge is 2.22. The molecular formula is C26H31N3O3S. The van der Waals surface area contributed by atoms with Gasteiger partial charge in [-0.05, 0) is 81.7 Å². The van der Waals surface area contributed by atoms with Crippen molar-refractivity contribution in [1.29, 1.82) is 0 Å². The predicted octanol–water partition coefficient (Wildman–Crippen LogP) is 4.92. The maximum atomic E-state index is 12.9. The molecule has 7 heteroatoms. The molecule has 2 aromatic carbocycles. The van der Waals surface area contributed by atoms with Gasteiger partial charge in [0.2, 0.25) is 0 Å². The van der Waals surface area contributed by atoms with Gasteiger partial charge in [0, 0.05) is 35.3 Å². The smallest absolute Gasteiger partial charge is 0.253 e. The normalized spacial score (nSPS) is 15.5. The third kappa shape index (κ3) is 5.72. The Hall–Kier alpha value is -2.90. The average molecular weight is 466 g/mol. The Kier molecular flexibility index (Phi) is 7.30. The van der Waals surface area contributed by atoms with Gasteiger partial charge in [0.15, 0.2) is 5.11 Å². The van der Waals surface area contributed by atoms with Crippen LogP contribution in [0.2, 0.25) is 0 Å². The molecule has 2 N–H and O–H groups in total. The molecule has 0 bridgehead atoms. The van der Waals surface area contributed by atoms with E-state index in [4.69, 9.17) is 21.7 Å². The van der Waals surface area contributed by atoms with Gasteiger partial charge in [-0.25, -0.2) is 0 Å². The Morgan fingerprint density at radius 1 is 1.24 bits per heavy atom. The number of thiocarbonyl (C=S) groups is 1. The van der Waals surface area contributed by atoms with Crippen LogP contribution in [0, 0.1) is 13.8 Å². The first-order chi connectivity index (χ1) is 15.9. The maximum Gasteiger partial charge on any atom is 0.253 e. The lowest BCUT2D eigenvalue weighted by atomic mass is 10.1. The van der Waals surface area contributed by atoms with Crippen LogP contribution in [0.4, 0.5) is 5.69 Å². The number of anilines is 1. The first-order valence-electron chi connectivity index (χ1n) is 11.5. The number of rotatable bonds is 7. The second-order valence-electron chi connectivity index (χ2n) is 8.57. The van der Waals surface area contributed by atoms with Crippen LogP contribution in [0.1, 0.15) is 36.5 Å². The summed E-state index contributed by atoms with van der Waals surface area (Å²) >= 11 is 5.81. The minimum atomic E-state index is -0.113. The van der Waals surface area contributed by atoms with Crippen molar-refractivity contribution in [2.45, 2.75) is 46.3 Å². The van der Waals surface area contributed by atoms with Crippen LogP contribution in [0.5, 0.6) is 5.75 Å². The van der Waals surface area contributed by atoms with Gasteiger partial charge in [-0.3, -0.25) is 4.79 Å². The van der Waals surface area contributed by atoms with E-state index in [1.807, 2.05) is 42.2 Å². The molecule has 4 rings (SSSR count). The van der Waals surface area contributed by atoms with Crippen LogP contribution < -0.4 is 15.6 Å². The summed E-state index contributed by atoms with van der Waals surface area (Å²) in [7, 11) is 0. The molecule has 0 unspecified atom stereocenters. The highest BCUT2D eigenvalue weighted by atomic mass is 32.1. The molecule has 0 spiro atoms. The van der Waals surface area contributed by atoms with Crippen LogP contribution >= 0.6 is 12.2 Å². The molecule has 1 fully saturated rings. The third-order valence-electron chi connectivity index (χ3n) is 5.92. The molecule has 2 heterocycles. The molecule has 0 radical (unpaired) electrons. The number of hydrogen-bond acceptors (Lipinski definition) is 4. The molecule has 1 saturated heterocycles. The largest absolute Gasteiger partial charge is 0.494 e. The van der Waals surface area contributed by atoms with Crippen molar-refractivity contribution in [1.82, 2.24) is 9.88 Å². The zero-order chi connectivity index (χ0) is 23.4. The fraction of sp³-hybridized carbons (Fsp3) is 0.385. The quantitative estimate of drug-likeness (QED) is 0.483. The van der Waals surface area contributed by atoms with E-state index in [1.54, 1.807) is 0 Å². The van der Waals surface area contributed by atoms with Crippen molar-refractivity contribution in [3.05, 3.63) is 69.5 Å². The number of aromatic amines is 1. The van der Waals surface area contributed by atoms with Gasteiger partial charge in [-0.15, -0.1) is 0 Å². The maximum absolute atomic E-state index is 12.9. The second kappa shape index (κ2) is 10.4. The van der Waals surface area contributed by atoms with E-state index in [-0.39, 0.29) is 11.7 Å². The van der Waals surface area contributed by atoms with E-state index in [0.29, 0.717) is 30.4 Å². The molecule has 3 aromatic rings. The summed E-state index contributed by atoms with van der Waals surface area (Å²) in [6.07, 6.45) is 2.15. The number of H-pyrrole nitrogens is 1. The van der Waals surface area contributed by atoms with Gasteiger partial charge in [0.25, 0.3) is 5.56 Å². The van der Waals surface area contributed by atoms with Crippen molar-refractivity contribution >= 4 is 33.9 Å². The number of nitrogens with zero attached hydrogens (tertiary/aromatic N) is 1. The van der Waals surface area contributed by atoms with Crippen molar-refractivity contribution in [3.8, 4) is 5.75 Å². The summed E-state index contributed by atoms with van der Waals surface area (Å²) < 4.78 is 11.5. The monoisotopic (exact) mass is 465 g/mol. The summed E-state index contributed by atoms with van der Waals surface area (Å²) in [6, 6.07) is 13.9. The zero-order valence-electron chi connectivity index (χ0n) is 19.4. The molecule has 174 valence electrons. The fourth-order valence-corrected chi connectivity index (χ4v) is 4.46. The van der Waals surface area contributed by atoms with E-state index >= 15 is 0 Å². The summed E-state index contributed by atoms with van der Waals surface area (Å²) in [6.45, 7) is 8.47. The summed E-state index contributed by atoms with van der Waals surface area (Å²) in [5, 5.41) is 4.90. The molecule has 0 saturated carbocycles. The number of aryl methyl sites for hydroxylation is 2. The van der Waals surface area contributed by atoms with Crippen LogP contribution in [-0.2, 0) is 11.3 Å². The number of aromatic nitrogens is 1. The van der Waals surface area contributed by atoms with Crippen molar-refractivity contribution < 1.29 is 9.47 Å². The Labute approximate surface area is 199 Å². The zero-order valence-corrected chi connectivity index (χ0v) is 20.3. The van der Waals surface area contributed by atoms with Crippen LogP contribution in [-0.4, -0.2) is 40.9 Å². The van der Waals surface area contributed by atoms with E-state index in [1.165, 1.54) is 5.56 Å². The van der Waals surface area contributed by atoms with E-state index < -0.39 is 0 Å². The number of hydrogen-bond donors (Lipinski definition) is 2. The number of benzene rings is 2. The summed E-state index contributed by atoms with van der Waals surface area (Å²) in [5.74, 6) is 0.784. The Balaban J connectivity index is 1.61. The van der Waals surface area contributed by atoms with Crippen LogP contribution in [0.25, 0.3) is 10.9 Å². The number of fused-ring (bicyclic) bond motifs is 1. The number of pyridine rings is 1. The second-order valence-corrected chi connectivity index (χ2v) is 8.96. The molecule has 0 aliphatic carbocycles. The molecule has 0 amide bonds. The van der Waals surface area contributed by atoms with Crippen molar-refractivity contribution in [2.75, 3.05) is 25.1 Å². The number of ether oxygens (including phenoxy) is 2. The van der Waals surface area contributed by atoms with Crippen LogP contribution in [0.15, 0.2) is 47.3 Å². The molecule has 33 heavy (non-hydrogen) atoms. The predicted molar refractivity (Wildman–Crippen MR) is 137 cm³/mol. The SMILES string of the molecule is CCOc1ccc2[nH]c(=O)c(CN(C[C@@H]3CCCO3)C(=S)Nc3ccc(C)cc3C)cc2c1. The lowest BCUT2D eigenvalue weighted by Gasteiger charge is -2.28. The minimum Gasteiger partial charge on any atom is -0.494 e. The number of nitrogens with one attached hydrogen (secondary N) is 2. The molecule has 1 aliphatic rings. The van der Waals surface area contributed by atoms with Gasteiger partial charge < -0.3 is 24.7 Å². The van der Waals surface area contributed by atoms with Crippen LogP contribution in [0.3, 0.4) is 0 Å². The lowest BCUT2D eigenvalue weighted by Crippen LogP contribution is -2.40. The lowest BCUT2D eigenvalue weighted by molar-refractivity contribution is 0.0904. The molecule has 1 aromatic heterocycles. The Morgan fingerprint density at radius 3 is 2.82 bits per heavy atom. The van der Waals surface area contributed by atoms with Gasteiger partial charge in [-0.2, -0.15) is 0 Å². The third-order valence-corrected chi connectivity index (χ3v) is 6.28. The van der Waals surface area contributed by atoms with Gasteiger partial charge in [0.05, 0.1) is 19.3 Å². The van der Waals surface area contributed by atoms with E-state index in [9.17, 15) is 4.79 Å². The summed E-state index contributed by atoms with van der Waals surface area (Å²) in [5.41, 5.74) is 4.62.